The second-order valence-corrected chi connectivity index (χ2v) is 14.4. The second kappa shape index (κ2) is 12.7. The van der Waals surface area contributed by atoms with E-state index in [0.717, 1.165) is 50.3 Å². The van der Waals surface area contributed by atoms with Crippen molar-refractivity contribution in [2.75, 3.05) is 6.26 Å². The largest absolute Gasteiger partial charge is 0.299 e. The van der Waals surface area contributed by atoms with Crippen LogP contribution in [-0.4, -0.2) is 33.8 Å². The highest BCUT2D eigenvalue weighted by atomic mass is 32.2. The zero-order chi connectivity index (χ0) is 35.0. The van der Waals surface area contributed by atoms with Gasteiger partial charge in [-0.25, -0.2) is 18.2 Å². The van der Waals surface area contributed by atoms with E-state index < -0.39 is 15.4 Å². The first-order chi connectivity index (χ1) is 24.9. The van der Waals surface area contributed by atoms with Crippen molar-refractivity contribution in [2.45, 2.75) is 10.4 Å². The van der Waals surface area contributed by atoms with Crippen LogP contribution in [0, 0.1) is 6.57 Å². The molecule has 8 aromatic rings. The maximum atomic E-state index is 12.4. The third-order valence-electron chi connectivity index (χ3n) is 9.30. The molecular formula is C43H31N5O2S. The molecule has 0 radical (unpaired) electrons. The van der Waals surface area contributed by atoms with Crippen molar-refractivity contribution in [1.82, 2.24) is 19.2 Å². The molecule has 3 aromatic heterocycles. The quantitative estimate of drug-likeness (QED) is 0.118. The van der Waals surface area contributed by atoms with E-state index in [0.29, 0.717) is 11.4 Å². The van der Waals surface area contributed by atoms with Gasteiger partial charge in [-0.1, -0.05) is 127 Å². The molecule has 0 N–H and O–H groups in total. The fraction of sp³-hybridized carbons (Fsp3) is 0.0465. The van der Waals surface area contributed by atoms with Gasteiger partial charge in [0, 0.05) is 35.3 Å². The molecule has 0 aliphatic rings. The molecule has 51 heavy (non-hydrogen) atoms. The van der Waals surface area contributed by atoms with Crippen molar-refractivity contribution in [3.8, 4) is 33.6 Å². The van der Waals surface area contributed by atoms with Crippen LogP contribution in [0.2, 0.25) is 0 Å². The standard InChI is InChI=1S/C43H31N5O2S/c1-44-37-23-18-31(19-24-37)40-28-45-41-27-22-33(29-47(40)41)39-30-48(46-42(39)32-20-25-38(26-21-32)51(2,49)50)43(34-12-6-3-7-13-34,35-14-8-4-9-15-35)36-16-10-5-11-17-36/h3-30H,2H3. The summed E-state index contributed by atoms with van der Waals surface area (Å²) in [5.41, 5.74) is 8.66. The zero-order valence-electron chi connectivity index (χ0n) is 27.6. The Kier molecular flexibility index (Phi) is 7.90. The highest BCUT2D eigenvalue weighted by molar-refractivity contribution is 7.90. The lowest BCUT2D eigenvalue weighted by Crippen LogP contribution is -2.38. The molecule has 0 atom stereocenters. The van der Waals surface area contributed by atoms with Crippen LogP contribution in [0.15, 0.2) is 175 Å². The maximum absolute atomic E-state index is 12.4. The van der Waals surface area contributed by atoms with Crippen LogP contribution in [0.25, 0.3) is 44.1 Å². The molecule has 0 saturated heterocycles. The van der Waals surface area contributed by atoms with E-state index in [1.54, 1.807) is 12.1 Å². The maximum Gasteiger partial charge on any atom is 0.187 e. The highest BCUT2D eigenvalue weighted by Gasteiger charge is 2.40. The van der Waals surface area contributed by atoms with Crippen molar-refractivity contribution in [3.63, 3.8) is 0 Å². The van der Waals surface area contributed by atoms with Gasteiger partial charge in [0.15, 0.2) is 15.5 Å². The summed E-state index contributed by atoms with van der Waals surface area (Å²) in [4.78, 5) is 8.46. The first-order valence-electron chi connectivity index (χ1n) is 16.4. The van der Waals surface area contributed by atoms with Crippen LogP contribution in [0.5, 0.6) is 0 Å². The molecule has 8 rings (SSSR count). The number of rotatable bonds is 8. The highest BCUT2D eigenvalue weighted by Crippen LogP contribution is 2.43. The lowest BCUT2D eigenvalue weighted by atomic mass is 9.77. The van der Waals surface area contributed by atoms with Gasteiger partial charge in [0.05, 0.1) is 23.4 Å². The number of aromatic nitrogens is 4. The predicted octanol–water partition coefficient (Wildman–Crippen LogP) is 9.33. The molecule has 0 bridgehead atoms. The van der Waals surface area contributed by atoms with Gasteiger partial charge in [-0.2, -0.15) is 5.10 Å². The Morgan fingerprint density at radius 2 is 1.16 bits per heavy atom. The Labute approximate surface area is 296 Å². The Balaban J connectivity index is 1.41. The van der Waals surface area contributed by atoms with Crippen molar-refractivity contribution in [1.29, 1.82) is 0 Å². The van der Waals surface area contributed by atoms with E-state index in [-0.39, 0.29) is 4.90 Å². The van der Waals surface area contributed by atoms with E-state index in [9.17, 15) is 8.42 Å². The number of imidazole rings is 1. The topological polar surface area (TPSA) is 73.6 Å². The number of sulfone groups is 1. The van der Waals surface area contributed by atoms with Crippen LogP contribution < -0.4 is 0 Å². The summed E-state index contributed by atoms with van der Waals surface area (Å²) in [6.45, 7) is 7.36. The van der Waals surface area contributed by atoms with Crippen molar-refractivity contribution < 1.29 is 8.42 Å². The van der Waals surface area contributed by atoms with E-state index in [2.05, 4.69) is 63.0 Å². The molecule has 0 amide bonds. The van der Waals surface area contributed by atoms with Gasteiger partial charge in [-0.05, 0) is 46.5 Å². The molecule has 0 fully saturated rings. The summed E-state index contributed by atoms with van der Waals surface area (Å²) in [6.07, 6.45) is 7.20. The van der Waals surface area contributed by atoms with Gasteiger partial charge < -0.3 is 0 Å². The summed E-state index contributed by atoms with van der Waals surface area (Å²) in [7, 11) is -3.40. The summed E-state index contributed by atoms with van der Waals surface area (Å²) in [6, 6.07) is 49.5. The van der Waals surface area contributed by atoms with Crippen LogP contribution in [0.4, 0.5) is 5.69 Å². The second-order valence-electron chi connectivity index (χ2n) is 12.4. The van der Waals surface area contributed by atoms with Crippen LogP contribution in [0.1, 0.15) is 16.7 Å². The van der Waals surface area contributed by atoms with Crippen LogP contribution >= 0.6 is 0 Å². The summed E-state index contributed by atoms with van der Waals surface area (Å²) < 4.78 is 28.9. The Morgan fingerprint density at radius 1 is 0.627 bits per heavy atom. The van der Waals surface area contributed by atoms with Crippen molar-refractivity contribution in [2.24, 2.45) is 0 Å². The zero-order valence-corrected chi connectivity index (χ0v) is 28.4. The molecule has 5 aromatic carbocycles. The van der Waals surface area contributed by atoms with Crippen molar-refractivity contribution >= 4 is 21.2 Å². The van der Waals surface area contributed by atoms with Crippen LogP contribution in [0.3, 0.4) is 0 Å². The molecule has 0 aliphatic carbocycles. The van der Waals surface area contributed by atoms with E-state index in [1.807, 2.05) is 114 Å². The Hall–Kier alpha value is -6.56. The summed E-state index contributed by atoms with van der Waals surface area (Å²) >= 11 is 0. The van der Waals surface area contributed by atoms with E-state index in [1.165, 1.54) is 6.26 Å². The number of benzene rings is 5. The van der Waals surface area contributed by atoms with Crippen molar-refractivity contribution in [3.05, 3.63) is 198 Å². The summed E-state index contributed by atoms with van der Waals surface area (Å²) in [5, 5.41) is 5.43. The van der Waals surface area contributed by atoms with Crippen LogP contribution in [-0.2, 0) is 15.4 Å². The monoisotopic (exact) mass is 681 g/mol. The minimum atomic E-state index is -3.40. The van der Waals surface area contributed by atoms with E-state index in [4.69, 9.17) is 11.7 Å². The SMILES string of the molecule is [C-]#[N+]c1ccc(-c2cnc3ccc(-c4cn(C(c5ccccc5)(c5ccccc5)c5ccccc5)nc4-c4ccc(S(C)(=O)=O)cc4)cn23)cc1. The molecule has 0 aliphatic heterocycles. The molecule has 0 saturated carbocycles. The van der Waals surface area contributed by atoms with Gasteiger partial charge >= 0.3 is 0 Å². The van der Waals surface area contributed by atoms with Gasteiger partial charge in [0.25, 0.3) is 0 Å². The predicted molar refractivity (Wildman–Crippen MR) is 201 cm³/mol. The normalized spacial score (nSPS) is 11.8. The lowest BCUT2D eigenvalue weighted by Gasteiger charge is -2.36. The fourth-order valence-corrected chi connectivity index (χ4v) is 7.46. The van der Waals surface area contributed by atoms with Gasteiger partial charge in [0.2, 0.25) is 0 Å². The number of fused-ring (bicyclic) bond motifs is 1. The minimum Gasteiger partial charge on any atom is -0.299 e. The average molecular weight is 682 g/mol. The summed E-state index contributed by atoms with van der Waals surface area (Å²) in [5.74, 6) is 0. The smallest absolute Gasteiger partial charge is 0.187 e. The third-order valence-corrected chi connectivity index (χ3v) is 10.4. The number of hydrogen-bond acceptors (Lipinski definition) is 4. The molecule has 8 heteroatoms. The molecular weight excluding hydrogens is 651 g/mol. The first-order valence-corrected chi connectivity index (χ1v) is 18.3. The van der Waals surface area contributed by atoms with E-state index >= 15 is 0 Å². The lowest BCUT2D eigenvalue weighted by molar-refractivity contribution is 0.461. The molecule has 3 heterocycles. The number of hydrogen-bond donors (Lipinski definition) is 0. The Morgan fingerprint density at radius 3 is 1.69 bits per heavy atom. The minimum absolute atomic E-state index is 0.244. The number of nitrogens with zero attached hydrogens (tertiary/aromatic N) is 5. The number of pyridine rings is 1. The average Bonchev–Trinajstić information content (AvgIpc) is 3.82. The molecule has 7 nitrogen and oxygen atoms in total. The molecule has 246 valence electrons. The van der Waals surface area contributed by atoms with Gasteiger partial charge in [-0.15, -0.1) is 0 Å². The van der Waals surface area contributed by atoms with Gasteiger partial charge in [-0.3, -0.25) is 9.08 Å². The Bertz CT molecular complexity index is 2550. The third kappa shape index (κ3) is 5.60. The first kappa shape index (κ1) is 31.7. The molecule has 0 spiro atoms. The molecule has 0 unspecified atom stereocenters. The fourth-order valence-electron chi connectivity index (χ4n) is 6.83. The van der Waals surface area contributed by atoms with Gasteiger partial charge in [0.1, 0.15) is 16.9 Å².